The standard InChI is InChI=1S/C18H17N5O4S/c1-3-21-18(26)23-13-6-10-5-11(27-17(25)12-7-20-8-28-12)4-9(2)14(10)15(22-13)16(19)24/h4-8H,3H2,1-2H3,(H2,19,24)(H2,21,22,23,26). The second-order valence-corrected chi connectivity index (χ2v) is 6.68. The highest BCUT2D eigenvalue weighted by molar-refractivity contribution is 7.11. The largest absolute Gasteiger partial charge is 0.422 e. The van der Waals surface area contributed by atoms with Crippen molar-refractivity contribution in [3.63, 3.8) is 0 Å². The number of aryl methyl sites for hydroxylation is 1. The number of nitrogens with two attached hydrogens (primary N) is 1. The zero-order valence-electron chi connectivity index (χ0n) is 15.1. The van der Waals surface area contributed by atoms with Crippen molar-refractivity contribution in [1.82, 2.24) is 15.3 Å². The molecule has 0 bridgehead atoms. The lowest BCUT2D eigenvalue weighted by Gasteiger charge is -2.12. The molecule has 0 saturated carbocycles. The van der Waals surface area contributed by atoms with Gasteiger partial charge in [0.15, 0.2) is 0 Å². The van der Waals surface area contributed by atoms with Gasteiger partial charge in [-0.2, -0.15) is 0 Å². The molecule has 9 nitrogen and oxygen atoms in total. The van der Waals surface area contributed by atoms with Gasteiger partial charge in [-0.15, -0.1) is 11.3 Å². The highest BCUT2D eigenvalue weighted by atomic mass is 32.1. The Morgan fingerprint density at radius 1 is 1.25 bits per heavy atom. The number of hydrogen-bond donors (Lipinski definition) is 3. The summed E-state index contributed by atoms with van der Waals surface area (Å²) in [6, 6.07) is 4.31. The van der Waals surface area contributed by atoms with E-state index in [0.29, 0.717) is 27.8 Å². The molecule has 3 rings (SSSR count). The second-order valence-electron chi connectivity index (χ2n) is 5.80. The van der Waals surface area contributed by atoms with Crippen LogP contribution >= 0.6 is 11.3 Å². The summed E-state index contributed by atoms with van der Waals surface area (Å²) >= 11 is 1.17. The Morgan fingerprint density at radius 2 is 2.04 bits per heavy atom. The van der Waals surface area contributed by atoms with Crippen LogP contribution in [-0.4, -0.2) is 34.4 Å². The van der Waals surface area contributed by atoms with Gasteiger partial charge in [0.25, 0.3) is 5.91 Å². The van der Waals surface area contributed by atoms with E-state index in [1.165, 1.54) is 23.0 Å². The molecule has 0 radical (unpaired) electrons. The number of benzene rings is 1. The van der Waals surface area contributed by atoms with Crippen LogP contribution in [0.25, 0.3) is 10.8 Å². The van der Waals surface area contributed by atoms with Crippen LogP contribution in [0.5, 0.6) is 5.75 Å². The fourth-order valence-electron chi connectivity index (χ4n) is 2.67. The van der Waals surface area contributed by atoms with Crippen molar-refractivity contribution in [3.8, 4) is 5.75 Å². The van der Waals surface area contributed by atoms with Crippen LogP contribution < -0.4 is 21.1 Å². The zero-order valence-corrected chi connectivity index (χ0v) is 15.9. The van der Waals surface area contributed by atoms with E-state index in [2.05, 4.69) is 20.6 Å². The van der Waals surface area contributed by atoms with Gasteiger partial charge in [0.1, 0.15) is 22.1 Å². The van der Waals surface area contributed by atoms with E-state index in [-0.39, 0.29) is 17.3 Å². The number of nitrogens with zero attached hydrogens (tertiary/aromatic N) is 2. The molecule has 144 valence electrons. The van der Waals surface area contributed by atoms with Crippen molar-refractivity contribution in [1.29, 1.82) is 0 Å². The van der Waals surface area contributed by atoms with E-state index in [9.17, 15) is 14.4 Å². The number of amides is 3. The maximum atomic E-state index is 12.2. The average Bonchev–Trinajstić information content (AvgIpc) is 3.15. The molecule has 0 aliphatic carbocycles. The number of esters is 1. The number of anilines is 1. The second kappa shape index (κ2) is 8.01. The maximum Gasteiger partial charge on any atom is 0.355 e. The van der Waals surface area contributed by atoms with Crippen molar-refractivity contribution in [2.75, 3.05) is 11.9 Å². The lowest BCUT2D eigenvalue weighted by atomic mass is 10.0. The van der Waals surface area contributed by atoms with Crippen LogP contribution in [0.2, 0.25) is 0 Å². The number of primary amides is 1. The van der Waals surface area contributed by atoms with Crippen LogP contribution in [0.15, 0.2) is 29.9 Å². The molecule has 10 heteroatoms. The van der Waals surface area contributed by atoms with Gasteiger partial charge in [0, 0.05) is 11.9 Å². The Bertz CT molecular complexity index is 1070. The molecular formula is C18H17N5O4S. The number of rotatable bonds is 5. The van der Waals surface area contributed by atoms with Gasteiger partial charge in [-0.25, -0.2) is 14.6 Å². The molecule has 2 aromatic heterocycles. The van der Waals surface area contributed by atoms with E-state index in [4.69, 9.17) is 10.5 Å². The monoisotopic (exact) mass is 399 g/mol. The van der Waals surface area contributed by atoms with Crippen LogP contribution in [0, 0.1) is 6.92 Å². The quantitative estimate of drug-likeness (QED) is 0.445. The minimum absolute atomic E-state index is 0.0159. The van der Waals surface area contributed by atoms with Crippen molar-refractivity contribution >= 4 is 45.8 Å². The summed E-state index contributed by atoms with van der Waals surface area (Å²) in [6.45, 7) is 3.95. The fraction of sp³-hybridized carbons (Fsp3) is 0.167. The zero-order chi connectivity index (χ0) is 20.3. The summed E-state index contributed by atoms with van der Waals surface area (Å²) in [4.78, 5) is 44.2. The number of thiazole rings is 1. The highest BCUT2D eigenvalue weighted by Gasteiger charge is 2.17. The summed E-state index contributed by atoms with van der Waals surface area (Å²) in [5, 5.41) is 6.19. The third-order valence-corrected chi connectivity index (χ3v) is 4.51. The number of urea groups is 1. The minimum atomic E-state index is -0.734. The Morgan fingerprint density at radius 3 is 2.68 bits per heavy atom. The molecule has 4 N–H and O–H groups in total. The van der Waals surface area contributed by atoms with E-state index in [1.54, 1.807) is 32.0 Å². The lowest BCUT2D eigenvalue weighted by Crippen LogP contribution is -2.29. The molecule has 0 fully saturated rings. The highest BCUT2D eigenvalue weighted by Crippen LogP contribution is 2.29. The first-order chi connectivity index (χ1) is 13.4. The number of nitrogens with one attached hydrogen (secondary N) is 2. The lowest BCUT2D eigenvalue weighted by molar-refractivity contribution is 0.0739. The number of pyridine rings is 1. The summed E-state index contributed by atoms with van der Waals surface area (Å²) in [7, 11) is 0. The van der Waals surface area contributed by atoms with Crippen molar-refractivity contribution in [2.45, 2.75) is 13.8 Å². The third kappa shape index (κ3) is 4.07. The molecular weight excluding hydrogens is 382 g/mol. The van der Waals surface area contributed by atoms with E-state index >= 15 is 0 Å². The number of ether oxygens (including phenoxy) is 1. The van der Waals surface area contributed by atoms with Crippen molar-refractivity contribution in [3.05, 3.63) is 46.0 Å². The number of carbonyl (C=O) groups excluding carboxylic acids is 3. The molecule has 0 unspecified atom stereocenters. The van der Waals surface area contributed by atoms with Crippen LogP contribution in [0.3, 0.4) is 0 Å². The van der Waals surface area contributed by atoms with Gasteiger partial charge in [0.2, 0.25) is 0 Å². The average molecular weight is 399 g/mol. The van der Waals surface area contributed by atoms with Gasteiger partial charge < -0.3 is 15.8 Å². The summed E-state index contributed by atoms with van der Waals surface area (Å²) < 4.78 is 5.40. The summed E-state index contributed by atoms with van der Waals surface area (Å²) in [6.07, 6.45) is 1.42. The van der Waals surface area contributed by atoms with Crippen LogP contribution in [0.4, 0.5) is 10.6 Å². The molecule has 2 heterocycles. The van der Waals surface area contributed by atoms with Crippen molar-refractivity contribution < 1.29 is 19.1 Å². The van der Waals surface area contributed by atoms with Crippen LogP contribution in [-0.2, 0) is 0 Å². The topological polar surface area (TPSA) is 136 Å². The molecule has 0 aliphatic heterocycles. The number of carbonyl (C=O) groups is 3. The first kappa shape index (κ1) is 19.2. The Balaban J connectivity index is 2.04. The molecule has 0 atom stereocenters. The number of aromatic nitrogens is 2. The molecule has 28 heavy (non-hydrogen) atoms. The molecule has 1 aromatic carbocycles. The number of hydrogen-bond acceptors (Lipinski definition) is 7. The molecule has 0 aliphatic rings. The Labute approximate surface area is 163 Å². The smallest absolute Gasteiger partial charge is 0.355 e. The van der Waals surface area contributed by atoms with Gasteiger partial charge in [-0.3, -0.25) is 15.1 Å². The first-order valence-electron chi connectivity index (χ1n) is 8.29. The Hall–Kier alpha value is -3.53. The van der Waals surface area contributed by atoms with Crippen LogP contribution in [0.1, 0.15) is 32.6 Å². The van der Waals surface area contributed by atoms with Gasteiger partial charge in [-0.05, 0) is 43.0 Å². The van der Waals surface area contributed by atoms with E-state index in [1.807, 2.05) is 0 Å². The van der Waals surface area contributed by atoms with Crippen molar-refractivity contribution in [2.24, 2.45) is 5.73 Å². The predicted octanol–water partition coefficient (Wildman–Crippen LogP) is 2.46. The fourth-order valence-corrected chi connectivity index (χ4v) is 3.16. The number of fused-ring (bicyclic) bond motifs is 1. The normalized spacial score (nSPS) is 10.5. The van der Waals surface area contributed by atoms with E-state index in [0.717, 1.165) is 0 Å². The Kier molecular flexibility index (Phi) is 5.50. The van der Waals surface area contributed by atoms with Gasteiger partial charge in [0.05, 0.1) is 11.7 Å². The predicted molar refractivity (Wildman–Crippen MR) is 105 cm³/mol. The van der Waals surface area contributed by atoms with Gasteiger partial charge >= 0.3 is 12.0 Å². The molecule has 0 spiro atoms. The minimum Gasteiger partial charge on any atom is -0.422 e. The SMILES string of the molecule is CCNC(=O)Nc1cc2cc(OC(=O)c3cncs3)cc(C)c2c(C(N)=O)n1. The van der Waals surface area contributed by atoms with Gasteiger partial charge in [-0.1, -0.05) is 0 Å². The molecule has 3 aromatic rings. The summed E-state index contributed by atoms with van der Waals surface area (Å²) in [5.41, 5.74) is 7.67. The van der Waals surface area contributed by atoms with E-state index < -0.39 is 17.9 Å². The third-order valence-electron chi connectivity index (χ3n) is 3.76. The first-order valence-corrected chi connectivity index (χ1v) is 9.17. The maximum absolute atomic E-state index is 12.2. The summed E-state index contributed by atoms with van der Waals surface area (Å²) in [5.74, 6) is -0.834. The molecule has 3 amide bonds. The molecule has 0 saturated heterocycles.